The molecule has 6 heteroatoms. The van der Waals surface area contributed by atoms with Crippen LogP contribution in [0.3, 0.4) is 0 Å². The second-order valence-corrected chi connectivity index (χ2v) is 13.1. The molecule has 0 spiro atoms. The van der Waals surface area contributed by atoms with E-state index in [9.17, 15) is 9.59 Å². The number of rotatable bonds is 6. The Kier molecular flexibility index (Phi) is 6.46. The summed E-state index contributed by atoms with van der Waals surface area (Å²) in [7, 11) is 0. The fraction of sp³-hybridized carbons (Fsp3) is 0.441. The molecule has 0 radical (unpaired) electrons. The summed E-state index contributed by atoms with van der Waals surface area (Å²) in [5.41, 5.74) is 5.34. The first-order chi connectivity index (χ1) is 19.4. The third-order valence-electron chi connectivity index (χ3n) is 10.1. The number of halogens is 1. The van der Waals surface area contributed by atoms with Crippen LogP contribution in [-0.4, -0.2) is 29.5 Å². The smallest absolute Gasteiger partial charge is 0.339 e. The summed E-state index contributed by atoms with van der Waals surface area (Å²) in [5, 5.41) is 4.68. The highest BCUT2D eigenvalue weighted by Gasteiger charge is 2.53. The van der Waals surface area contributed by atoms with Crippen molar-refractivity contribution >= 4 is 46.0 Å². The molecule has 5 nitrogen and oxygen atoms in total. The molecule has 40 heavy (non-hydrogen) atoms. The number of ether oxygens (including phenoxy) is 1. The molecular weight excluding hydrogens is 520 g/mol. The molecule has 0 aliphatic heterocycles. The molecule has 1 atom stereocenters. The number of pyridine rings is 1. The Balaban J connectivity index is 1.09. The summed E-state index contributed by atoms with van der Waals surface area (Å²) in [4.78, 5) is 31.5. The van der Waals surface area contributed by atoms with Crippen molar-refractivity contribution in [3.63, 3.8) is 0 Å². The van der Waals surface area contributed by atoms with Crippen LogP contribution in [0.15, 0.2) is 48.5 Å². The van der Waals surface area contributed by atoms with Crippen molar-refractivity contribution < 1.29 is 14.3 Å². The Morgan fingerprint density at radius 1 is 1.02 bits per heavy atom. The molecule has 4 bridgehead atoms. The van der Waals surface area contributed by atoms with E-state index in [2.05, 4.69) is 18.3 Å². The first-order valence-corrected chi connectivity index (χ1v) is 15.1. The second-order valence-electron chi connectivity index (χ2n) is 12.7. The van der Waals surface area contributed by atoms with Gasteiger partial charge in [-0.15, -0.1) is 0 Å². The molecule has 8 rings (SSSR count). The molecule has 206 valence electrons. The summed E-state index contributed by atoms with van der Waals surface area (Å²) >= 11 is 6.07. The van der Waals surface area contributed by atoms with E-state index in [0.717, 1.165) is 57.5 Å². The lowest BCUT2D eigenvalue weighted by molar-refractivity contribution is -0.128. The molecule has 5 aliphatic carbocycles. The van der Waals surface area contributed by atoms with Gasteiger partial charge in [0.05, 0.1) is 16.8 Å². The van der Waals surface area contributed by atoms with Crippen LogP contribution in [0.5, 0.6) is 0 Å². The van der Waals surface area contributed by atoms with E-state index in [1.807, 2.05) is 48.5 Å². The van der Waals surface area contributed by atoms with E-state index in [-0.39, 0.29) is 24.0 Å². The van der Waals surface area contributed by atoms with E-state index in [4.69, 9.17) is 21.3 Å². The van der Waals surface area contributed by atoms with Gasteiger partial charge in [-0.1, -0.05) is 41.9 Å². The third kappa shape index (κ3) is 4.62. The Hall–Kier alpha value is -3.18. The highest BCUT2D eigenvalue weighted by atomic mass is 35.5. The molecule has 1 N–H and O–H groups in total. The SMILES string of the molecule is C[C@H](NC(=O)COC(=O)c1c2c(nc3ccccc13)/C(=C\c1ccc(Cl)cc1)CC2)C12CC3CC(CC(C3)C1)C2. The molecule has 4 saturated carbocycles. The first-order valence-electron chi connectivity index (χ1n) is 14.7. The van der Waals surface area contributed by atoms with E-state index in [1.54, 1.807) is 0 Å². The van der Waals surface area contributed by atoms with Gasteiger partial charge in [0.25, 0.3) is 5.91 Å². The van der Waals surface area contributed by atoms with Gasteiger partial charge < -0.3 is 10.1 Å². The Morgan fingerprint density at radius 3 is 2.40 bits per heavy atom. The minimum atomic E-state index is -0.458. The van der Waals surface area contributed by atoms with Crippen molar-refractivity contribution in [1.82, 2.24) is 10.3 Å². The number of nitrogens with one attached hydrogen (secondary N) is 1. The quantitative estimate of drug-likeness (QED) is 0.326. The van der Waals surface area contributed by atoms with Gasteiger partial charge >= 0.3 is 5.97 Å². The third-order valence-corrected chi connectivity index (χ3v) is 10.3. The maximum Gasteiger partial charge on any atom is 0.339 e. The van der Waals surface area contributed by atoms with Crippen LogP contribution in [0.2, 0.25) is 5.02 Å². The van der Waals surface area contributed by atoms with Crippen molar-refractivity contribution in [2.75, 3.05) is 6.61 Å². The van der Waals surface area contributed by atoms with Crippen molar-refractivity contribution in [2.45, 2.75) is 64.3 Å². The fourth-order valence-corrected chi connectivity index (χ4v) is 8.75. The maximum absolute atomic E-state index is 13.6. The second kappa shape index (κ2) is 10.0. The predicted octanol–water partition coefficient (Wildman–Crippen LogP) is 7.25. The molecule has 3 aromatic rings. The summed E-state index contributed by atoms with van der Waals surface area (Å²) in [6.45, 7) is 1.89. The number of hydrogen-bond donors (Lipinski definition) is 1. The number of nitrogens with zero attached hydrogens (tertiary/aromatic N) is 1. The van der Waals surface area contributed by atoms with Gasteiger partial charge in [0, 0.05) is 16.5 Å². The lowest BCUT2D eigenvalue weighted by atomic mass is 9.48. The average Bonchev–Trinajstić information content (AvgIpc) is 3.32. The number of aromatic nitrogens is 1. The standard InChI is InChI=1S/C34H35ClN2O3/c1-20(34-16-22-12-23(17-34)14-24(13-22)18-34)36-30(38)19-40-33(39)31-27-4-2-3-5-29(27)37-32-25(8-11-28(31)32)15-21-6-9-26(35)10-7-21/h2-7,9-10,15,20,22-24H,8,11-14,16-19H2,1H3,(H,36,38)/b25-15-/t20-,22?,23?,24?,34?/m0/s1. The van der Waals surface area contributed by atoms with Crippen molar-refractivity contribution in [1.29, 1.82) is 0 Å². The summed E-state index contributed by atoms with van der Waals surface area (Å²) < 4.78 is 5.70. The van der Waals surface area contributed by atoms with Crippen molar-refractivity contribution in [3.05, 3.63) is 75.9 Å². The van der Waals surface area contributed by atoms with Gasteiger partial charge in [0.15, 0.2) is 6.61 Å². The number of carbonyl (C=O) groups is 2. The highest BCUT2D eigenvalue weighted by molar-refractivity contribution is 6.30. The van der Waals surface area contributed by atoms with Crippen molar-refractivity contribution in [2.24, 2.45) is 23.2 Å². The molecule has 0 unspecified atom stereocenters. The van der Waals surface area contributed by atoms with Gasteiger partial charge in [-0.25, -0.2) is 9.78 Å². The Bertz CT molecular complexity index is 1490. The zero-order chi connectivity index (χ0) is 27.4. The molecule has 1 amide bonds. The number of esters is 1. The molecule has 0 saturated heterocycles. The van der Waals surface area contributed by atoms with Crippen LogP contribution in [0.1, 0.15) is 79.0 Å². The summed E-state index contributed by atoms with van der Waals surface area (Å²) in [6, 6.07) is 15.5. The van der Waals surface area contributed by atoms with Gasteiger partial charge in [0.1, 0.15) is 0 Å². The van der Waals surface area contributed by atoms with Crippen LogP contribution >= 0.6 is 11.6 Å². The number of amides is 1. The molecule has 4 fully saturated rings. The molecular formula is C34H35ClN2O3. The van der Waals surface area contributed by atoms with E-state index in [1.165, 1.54) is 38.5 Å². The number of hydrogen-bond acceptors (Lipinski definition) is 4. The molecule has 5 aliphatic rings. The van der Waals surface area contributed by atoms with Gasteiger partial charge in [-0.2, -0.15) is 0 Å². The van der Waals surface area contributed by atoms with Crippen LogP contribution in [0, 0.1) is 23.2 Å². The topological polar surface area (TPSA) is 68.3 Å². The number of carbonyl (C=O) groups excluding carboxylic acids is 2. The minimum absolute atomic E-state index is 0.0960. The van der Waals surface area contributed by atoms with E-state index in [0.29, 0.717) is 17.0 Å². The van der Waals surface area contributed by atoms with Crippen LogP contribution in [0.4, 0.5) is 0 Å². The largest absolute Gasteiger partial charge is 0.452 e. The monoisotopic (exact) mass is 554 g/mol. The van der Waals surface area contributed by atoms with E-state index < -0.39 is 5.97 Å². The molecule has 2 aromatic carbocycles. The Labute approximate surface area is 240 Å². The lowest BCUT2D eigenvalue weighted by Crippen LogP contribution is -2.56. The lowest BCUT2D eigenvalue weighted by Gasteiger charge is -2.59. The number of fused-ring (bicyclic) bond motifs is 2. The van der Waals surface area contributed by atoms with Crippen LogP contribution in [-0.2, 0) is 16.0 Å². The summed E-state index contributed by atoms with van der Waals surface area (Å²) in [5.74, 6) is 1.80. The first kappa shape index (κ1) is 25.8. The normalized spacial score (nSPS) is 28.1. The zero-order valence-corrected chi connectivity index (χ0v) is 23.7. The number of benzene rings is 2. The zero-order valence-electron chi connectivity index (χ0n) is 22.9. The van der Waals surface area contributed by atoms with Crippen LogP contribution < -0.4 is 5.32 Å². The Morgan fingerprint density at radius 2 is 1.70 bits per heavy atom. The van der Waals surface area contributed by atoms with Gasteiger partial charge in [-0.05, 0) is 122 Å². The number of allylic oxidation sites excluding steroid dienone is 1. The number of para-hydroxylation sites is 1. The highest BCUT2D eigenvalue weighted by Crippen LogP contribution is 2.61. The molecule has 1 heterocycles. The predicted molar refractivity (Wildman–Crippen MR) is 158 cm³/mol. The maximum atomic E-state index is 13.6. The van der Waals surface area contributed by atoms with E-state index >= 15 is 0 Å². The summed E-state index contributed by atoms with van der Waals surface area (Å²) in [6.07, 6.45) is 11.4. The van der Waals surface area contributed by atoms with Gasteiger partial charge in [-0.3, -0.25) is 4.79 Å². The minimum Gasteiger partial charge on any atom is -0.452 e. The van der Waals surface area contributed by atoms with Crippen molar-refractivity contribution in [3.8, 4) is 0 Å². The fourth-order valence-electron chi connectivity index (χ4n) is 8.62. The van der Waals surface area contributed by atoms with Gasteiger partial charge in [0.2, 0.25) is 0 Å². The average molecular weight is 555 g/mol. The molecule has 1 aromatic heterocycles. The van der Waals surface area contributed by atoms with Crippen LogP contribution in [0.25, 0.3) is 22.6 Å².